The van der Waals surface area contributed by atoms with Crippen molar-refractivity contribution in [1.29, 1.82) is 0 Å². The molecule has 1 atom stereocenters. The monoisotopic (exact) mass is 245 g/mol. The van der Waals surface area contributed by atoms with Crippen LogP contribution in [0.2, 0.25) is 0 Å². The second-order valence-corrected chi connectivity index (χ2v) is 4.35. The molecular formula is C13H15N3O2. The van der Waals surface area contributed by atoms with E-state index >= 15 is 0 Å². The van der Waals surface area contributed by atoms with Gasteiger partial charge in [-0.3, -0.25) is 0 Å². The van der Waals surface area contributed by atoms with Crippen LogP contribution in [-0.4, -0.2) is 28.2 Å². The number of hydrogen-bond acceptors (Lipinski definition) is 4. The first-order chi connectivity index (χ1) is 8.78. The Bertz CT molecular complexity index is 565. The lowest BCUT2D eigenvalue weighted by atomic mass is 10.1. The van der Waals surface area contributed by atoms with Gasteiger partial charge in [-0.25, -0.2) is 4.98 Å². The van der Waals surface area contributed by atoms with Gasteiger partial charge in [0.1, 0.15) is 17.7 Å². The molecule has 1 aromatic carbocycles. The number of hydrogen-bond donors (Lipinski definition) is 3. The normalized spacial score (nSPS) is 15.2. The number of nitrogens with one attached hydrogen (secondary N) is 1. The maximum Gasteiger partial charge on any atom is 0.136 e. The molecule has 0 bridgehead atoms. The summed E-state index contributed by atoms with van der Waals surface area (Å²) in [6, 6.07) is 6.04. The molecule has 2 heterocycles. The highest BCUT2D eigenvalue weighted by Gasteiger charge is 2.14. The van der Waals surface area contributed by atoms with Gasteiger partial charge in [0, 0.05) is 18.5 Å². The molecule has 0 saturated carbocycles. The Morgan fingerprint density at radius 2 is 2.39 bits per heavy atom. The van der Waals surface area contributed by atoms with Gasteiger partial charge in [-0.2, -0.15) is 0 Å². The SMILES string of the molecule is NCC(O)c1ncc(-c2ccc3c(c2)CCO3)[nH]1. The number of H-pyrrole nitrogens is 1. The topological polar surface area (TPSA) is 84.2 Å². The maximum absolute atomic E-state index is 9.61. The Morgan fingerprint density at radius 3 is 3.22 bits per heavy atom. The largest absolute Gasteiger partial charge is 0.493 e. The number of fused-ring (bicyclic) bond motifs is 1. The Hall–Kier alpha value is -1.85. The molecule has 5 nitrogen and oxygen atoms in total. The van der Waals surface area contributed by atoms with Crippen molar-refractivity contribution in [2.75, 3.05) is 13.2 Å². The van der Waals surface area contributed by atoms with Gasteiger partial charge in [0.05, 0.1) is 18.5 Å². The highest BCUT2D eigenvalue weighted by atomic mass is 16.5. The first-order valence-corrected chi connectivity index (χ1v) is 5.97. The molecule has 5 heteroatoms. The fourth-order valence-electron chi connectivity index (χ4n) is 2.12. The molecule has 94 valence electrons. The van der Waals surface area contributed by atoms with Crippen molar-refractivity contribution in [2.45, 2.75) is 12.5 Å². The number of nitrogens with zero attached hydrogens (tertiary/aromatic N) is 1. The maximum atomic E-state index is 9.61. The van der Waals surface area contributed by atoms with Crippen molar-refractivity contribution in [3.05, 3.63) is 35.8 Å². The van der Waals surface area contributed by atoms with Crippen LogP contribution in [0.25, 0.3) is 11.3 Å². The van der Waals surface area contributed by atoms with Crippen LogP contribution in [0.1, 0.15) is 17.5 Å². The van der Waals surface area contributed by atoms with E-state index in [-0.39, 0.29) is 6.54 Å². The molecule has 0 amide bonds. The second kappa shape index (κ2) is 4.44. The zero-order valence-electron chi connectivity index (χ0n) is 9.89. The van der Waals surface area contributed by atoms with Crippen molar-refractivity contribution in [3.63, 3.8) is 0 Å². The van der Waals surface area contributed by atoms with Gasteiger partial charge in [0.15, 0.2) is 0 Å². The fourth-order valence-corrected chi connectivity index (χ4v) is 2.12. The minimum absolute atomic E-state index is 0.158. The molecule has 4 N–H and O–H groups in total. The van der Waals surface area contributed by atoms with Gasteiger partial charge >= 0.3 is 0 Å². The summed E-state index contributed by atoms with van der Waals surface area (Å²) in [4.78, 5) is 7.23. The van der Waals surface area contributed by atoms with Gasteiger partial charge in [-0.05, 0) is 23.8 Å². The lowest BCUT2D eigenvalue weighted by Crippen LogP contribution is -2.12. The average molecular weight is 245 g/mol. The minimum Gasteiger partial charge on any atom is -0.493 e. The summed E-state index contributed by atoms with van der Waals surface area (Å²) in [5.41, 5.74) is 8.54. The molecule has 0 spiro atoms. The van der Waals surface area contributed by atoms with Gasteiger partial charge in [0.25, 0.3) is 0 Å². The van der Waals surface area contributed by atoms with Crippen LogP contribution in [0.4, 0.5) is 0 Å². The Kier molecular flexibility index (Phi) is 2.77. The lowest BCUT2D eigenvalue weighted by molar-refractivity contribution is 0.177. The number of rotatable bonds is 3. The van der Waals surface area contributed by atoms with Crippen LogP contribution >= 0.6 is 0 Å². The molecular weight excluding hydrogens is 230 g/mol. The first-order valence-electron chi connectivity index (χ1n) is 5.97. The molecule has 0 saturated heterocycles. The summed E-state index contributed by atoms with van der Waals surface area (Å²) in [6.45, 7) is 0.907. The number of aliphatic hydroxyl groups is 1. The molecule has 18 heavy (non-hydrogen) atoms. The van der Waals surface area contributed by atoms with Crippen LogP contribution in [0.5, 0.6) is 5.75 Å². The third-order valence-electron chi connectivity index (χ3n) is 3.13. The van der Waals surface area contributed by atoms with Crippen LogP contribution in [0, 0.1) is 0 Å². The zero-order valence-corrected chi connectivity index (χ0v) is 9.89. The molecule has 1 aliphatic rings. The van der Waals surface area contributed by atoms with E-state index in [1.54, 1.807) is 6.20 Å². The van der Waals surface area contributed by atoms with E-state index in [2.05, 4.69) is 16.0 Å². The summed E-state index contributed by atoms with van der Waals surface area (Å²) in [5.74, 6) is 1.46. The van der Waals surface area contributed by atoms with Gasteiger partial charge in [0.2, 0.25) is 0 Å². The number of ether oxygens (including phenoxy) is 1. The molecule has 3 rings (SSSR count). The lowest BCUT2D eigenvalue weighted by Gasteiger charge is -2.04. The molecule has 0 radical (unpaired) electrons. The van der Waals surface area contributed by atoms with E-state index in [0.29, 0.717) is 5.82 Å². The summed E-state index contributed by atoms with van der Waals surface area (Å²) in [7, 11) is 0. The summed E-state index contributed by atoms with van der Waals surface area (Å²) < 4.78 is 5.47. The van der Waals surface area contributed by atoms with Gasteiger partial charge < -0.3 is 20.6 Å². The summed E-state index contributed by atoms with van der Waals surface area (Å²) in [5, 5.41) is 9.61. The molecule has 0 fully saturated rings. The second-order valence-electron chi connectivity index (χ2n) is 4.35. The summed E-state index contributed by atoms with van der Waals surface area (Å²) >= 11 is 0. The van der Waals surface area contributed by atoms with Gasteiger partial charge in [-0.1, -0.05) is 0 Å². The molecule has 1 aromatic heterocycles. The van der Waals surface area contributed by atoms with Crippen LogP contribution in [0.3, 0.4) is 0 Å². The number of imidazole rings is 1. The molecule has 2 aromatic rings. The van der Waals surface area contributed by atoms with Crippen molar-refractivity contribution in [2.24, 2.45) is 5.73 Å². The van der Waals surface area contributed by atoms with Crippen molar-refractivity contribution in [1.82, 2.24) is 9.97 Å². The Labute approximate surface area is 105 Å². The molecule has 1 aliphatic heterocycles. The zero-order chi connectivity index (χ0) is 12.5. The standard InChI is InChI=1S/C13H15N3O2/c14-6-11(17)13-15-7-10(16-13)8-1-2-12-9(5-8)3-4-18-12/h1-2,5,7,11,17H,3-4,6,14H2,(H,15,16). The van der Waals surface area contributed by atoms with E-state index in [1.807, 2.05) is 12.1 Å². The van der Waals surface area contributed by atoms with Crippen molar-refractivity contribution in [3.8, 4) is 17.0 Å². The Morgan fingerprint density at radius 1 is 1.50 bits per heavy atom. The molecule has 1 unspecified atom stereocenters. The van der Waals surface area contributed by atoms with Gasteiger partial charge in [-0.15, -0.1) is 0 Å². The molecule has 0 aliphatic carbocycles. The smallest absolute Gasteiger partial charge is 0.136 e. The average Bonchev–Trinajstić information content (AvgIpc) is 3.05. The third-order valence-corrected chi connectivity index (χ3v) is 3.13. The number of aromatic amines is 1. The number of nitrogens with two attached hydrogens (primary N) is 1. The highest BCUT2D eigenvalue weighted by molar-refractivity contribution is 5.62. The predicted octanol–water partition coefficient (Wildman–Crippen LogP) is 1.00. The Balaban J connectivity index is 1.92. The van der Waals surface area contributed by atoms with Crippen LogP contribution in [0.15, 0.2) is 24.4 Å². The number of aliphatic hydroxyl groups excluding tert-OH is 1. The van der Waals surface area contributed by atoms with Crippen LogP contribution in [-0.2, 0) is 6.42 Å². The highest BCUT2D eigenvalue weighted by Crippen LogP contribution is 2.30. The van der Waals surface area contributed by atoms with E-state index in [1.165, 1.54) is 5.56 Å². The van der Waals surface area contributed by atoms with E-state index in [0.717, 1.165) is 30.0 Å². The minimum atomic E-state index is -0.739. The third kappa shape index (κ3) is 1.87. The number of aromatic nitrogens is 2. The quantitative estimate of drug-likeness (QED) is 0.753. The summed E-state index contributed by atoms with van der Waals surface area (Å²) in [6.07, 6.45) is 1.91. The number of benzene rings is 1. The van der Waals surface area contributed by atoms with Crippen LogP contribution < -0.4 is 10.5 Å². The fraction of sp³-hybridized carbons (Fsp3) is 0.308. The van der Waals surface area contributed by atoms with E-state index in [9.17, 15) is 5.11 Å². The predicted molar refractivity (Wildman–Crippen MR) is 67.2 cm³/mol. The van der Waals surface area contributed by atoms with Crippen molar-refractivity contribution < 1.29 is 9.84 Å². The van der Waals surface area contributed by atoms with E-state index in [4.69, 9.17) is 10.5 Å². The van der Waals surface area contributed by atoms with Crippen molar-refractivity contribution >= 4 is 0 Å². The first kappa shape index (κ1) is 11.3. The van der Waals surface area contributed by atoms with E-state index < -0.39 is 6.10 Å².